The van der Waals surface area contributed by atoms with Crippen molar-refractivity contribution in [2.24, 2.45) is 11.7 Å². The molecule has 1 fully saturated rings. The molecule has 0 saturated carbocycles. The first-order chi connectivity index (χ1) is 13.0. The van der Waals surface area contributed by atoms with Gasteiger partial charge in [-0.15, -0.1) is 0 Å². The highest BCUT2D eigenvalue weighted by atomic mass is 19.1. The maximum atomic E-state index is 13.9. The highest BCUT2D eigenvalue weighted by Gasteiger charge is 2.41. The quantitative estimate of drug-likeness (QED) is 0.770. The number of fused-ring (bicyclic) bond motifs is 1. The van der Waals surface area contributed by atoms with E-state index in [9.17, 15) is 14.0 Å². The van der Waals surface area contributed by atoms with E-state index in [2.05, 4.69) is 10.3 Å². The zero-order chi connectivity index (χ0) is 19.6. The summed E-state index contributed by atoms with van der Waals surface area (Å²) in [5.74, 6) is -0.970. The van der Waals surface area contributed by atoms with Gasteiger partial charge in [0.05, 0.1) is 18.2 Å². The van der Waals surface area contributed by atoms with Gasteiger partial charge in [0.15, 0.2) is 6.17 Å². The zero-order valence-corrected chi connectivity index (χ0v) is 15.2. The monoisotopic (exact) mass is 375 g/mol. The molecule has 0 aliphatic carbocycles. The van der Waals surface area contributed by atoms with Crippen LogP contribution in [0.25, 0.3) is 10.8 Å². The fraction of sp³-hybridized carbons (Fsp3) is 0.421. The second-order valence-corrected chi connectivity index (χ2v) is 6.38. The van der Waals surface area contributed by atoms with Crippen molar-refractivity contribution in [3.05, 3.63) is 30.0 Å². The lowest BCUT2D eigenvalue weighted by Gasteiger charge is -2.19. The summed E-state index contributed by atoms with van der Waals surface area (Å²) in [6, 6.07) is 4.59. The zero-order valence-electron chi connectivity index (χ0n) is 15.2. The van der Waals surface area contributed by atoms with Crippen LogP contribution in [0.2, 0.25) is 0 Å². The average Bonchev–Trinajstić information content (AvgIpc) is 2.92. The molecular weight excluding hydrogens is 353 g/mol. The van der Waals surface area contributed by atoms with Gasteiger partial charge in [0, 0.05) is 17.5 Å². The molecule has 3 rings (SSSR count). The van der Waals surface area contributed by atoms with Gasteiger partial charge in [-0.1, -0.05) is 6.92 Å². The van der Waals surface area contributed by atoms with E-state index in [4.69, 9.17) is 15.2 Å². The van der Waals surface area contributed by atoms with Gasteiger partial charge in [-0.25, -0.2) is 9.37 Å². The molecule has 2 amide bonds. The van der Waals surface area contributed by atoms with Crippen molar-refractivity contribution in [2.45, 2.75) is 32.5 Å². The minimum atomic E-state index is -1.52. The molecule has 8 heteroatoms. The van der Waals surface area contributed by atoms with E-state index >= 15 is 0 Å². The molecule has 1 aromatic heterocycles. The van der Waals surface area contributed by atoms with Crippen LogP contribution < -0.4 is 20.5 Å². The van der Waals surface area contributed by atoms with Crippen LogP contribution in [0.5, 0.6) is 11.6 Å². The van der Waals surface area contributed by atoms with Crippen molar-refractivity contribution in [2.75, 3.05) is 13.2 Å². The first-order valence-corrected chi connectivity index (χ1v) is 8.88. The van der Waals surface area contributed by atoms with E-state index < -0.39 is 29.9 Å². The Kier molecular flexibility index (Phi) is 5.43. The minimum absolute atomic E-state index is 0.0956. The largest absolute Gasteiger partial charge is 0.493 e. The molecule has 144 valence electrons. The van der Waals surface area contributed by atoms with E-state index in [-0.39, 0.29) is 12.2 Å². The van der Waals surface area contributed by atoms with Crippen LogP contribution in [0.4, 0.5) is 4.39 Å². The molecule has 2 heterocycles. The molecule has 1 unspecified atom stereocenters. The van der Waals surface area contributed by atoms with Crippen LogP contribution in [-0.2, 0) is 4.79 Å². The summed E-state index contributed by atoms with van der Waals surface area (Å²) >= 11 is 0. The third-order valence-electron chi connectivity index (χ3n) is 4.74. The number of benzene rings is 1. The number of aromatic nitrogens is 1. The Morgan fingerprint density at radius 3 is 2.78 bits per heavy atom. The first kappa shape index (κ1) is 18.9. The lowest BCUT2D eigenvalue weighted by Crippen LogP contribution is -2.34. The lowest BCUT2D eigenvalue weighted by molar-refractivity contribution is -0.123. The van der Waals surface area contributed by atoms with Crippen LogP contribution in [-0.4, -0.2) is 42.2 Å². The molecule has 0 radical (unpaired) electrons. The Balaban J connectivity index is 1.89. The standard InChI is InChI=1S/C19H22FN3O4/c1-3-11-14(23-18(25)16(11)20)9-27-19-12-8-15(26-4-2)13(17(21)24)7-10(12)5-6-22-19/h5-8,11,14,16H,3-4,9H2,1-2H3,(H2,21,24)(H,23,25)/t11-,14+,16?/m0/s1. The van der Waals surface area contributed by atoms with Gasteiger partial charge in [-0.05, 0) is 36.9 Å². The average molecular weight is 375 g/mol. The van der Waals surface area contributed by atoms with Crippen molar-refractivity contribution < 1.29 is 23.5 Å². The molecule has 3 atom stereocenters. The molecule has 2 aromatic rings. The van der Waals surface area contributed by atoms with Crippen molar-refractivity contribution >= 4 is 22.6 Å². The Bertz CT molecular complexity index is 873. The molecule has 1 saturated heterocycles. The summed E-state index contributed by atoms with van der Waals surface area (Å²) in [6.45, 7) is 4.10. The predicted molar refractivity (Wildman–Crippen MR) is 97.5 cm³/mol. The van der Waals surface area contributed by atoms with Gasteiger partial charge in [0.2, 0.25) is 5.88 Å². The highest BCUT2D eigenvalue weighted by Crippen LogP contribution is 2.31. The van der Waals surface area contributed by atoms with Crippen molar-refractivity contribution in [1.82, 2.24) is 10.3 Å². The SMILES string of the molecule is CCOc1cc2c(OC[C@H]3NC(=O)C(F)[C@H]3CC)nccc2cc1C(N)=O. The van der Waals surface area contributed by atoms with E-state index in [1.165, 1.54) is 0 Å². The summed E-state index contributed by atoms with van der Waals surface area (Å²) in [5, 5.41) is 3.98. The van der Waals surface area contributed by atoms with Gasteiger partial charge < -0.3 is 20.5 Å². The van der Waals surface area contributed by atoms with Crippen LogP contribution in [0.1, 0.15) is 30.6 Å². The summed E-state index contributed by atoms with van der Waals surface area (Å²) in [6.07, 6.45) is 0.547. The topological polar surface area (TPSA) is 104 Å². The van der Waals surface area contributed by atoms with Gasteiger partial charge in [-0.3, -0.25) is 9.59 Å². The Hall–Kier alpha value is -2.90. The predicted octanol–water partition coefficient (Wildman–Crippen LogP) is 1.97. The second kappa shape index (κ2) is 7.77. The maximum Gasteiger partial charge on any atom is 0.255 e. The van der Waals surface area contributed by atoms with Crippen LogP contribution >= 0.6 is 0 Å². The Labute approximate surface area is 156 Å². The second-order valence-electron chi connectivity index (χ2n) is 6.38. The molecule has 0 spiro atoms. The van der Waals surface area contributed by atoms with E-state index in [0.29, 0.717) is 35.4 Å². The van der Waals surface area contributed by atoms with E-state index in [1.54, 1.807) is 31.3 Å². The van der Waals surface area contributed by atoms with Gasteiger partial charge in [0.1, 0.15) is 12.4 Å². The van der Waals surface area contributed by atoms with Crippen LogP contribution in [0.15, 0.2) is 24.4 Å². The number of ether oxygens (including phenoxy) is 2. The summed E-state index contributed by atoms with van der Waals surface area (Å²) < 4.78 is 25.2. The summed E-state index contributed by atoms with van der Waals surface area (Å²) in [4.78, 5) is 27.5. The number of hydrogen-bond acceptors (Lipinski definition) is 5. The normalized spacial score (nSPS) is 21.9. The van der Waals surface area contributed by atoms with Crippen molar-refractivity contribution in [3.8, 4) is 11.6 Å². The summed E-state index contributed by atoms with van der Waals surface area (Å²) in [7, 11) is 0. The molecule has 3 N–H and O–H groups in total. The number of primary amides is 1. The molecule has 1 aliphatic rings. The molecular formula is C19H22FN3O4. The van der Waals surface area contributed by atoms with Crippen molar-refractivity contribution in [1.29, 1.82) is 0 Å². The van der Waals surface area contributed by atoms with E-state index in [0.717, 1.165) is 0 Å². The Morgan fingerprint density at radius 1 is 1.33 bits per heavy atom. The Morgan fingerprint density at radius 2 is 2.11 bits per heavy atom. The summed E-state index contributed by atoms with van der Waals surface area (Å²) in [5.41, 5.74) is 5.70. The fourth-order valence-corrected chi connectivity index (χ4v) is 3.35. The third kappa shape index (κ3) is 3.65. The molecule has 0 bridgehead atoms. The van der Waals surface area contributed by atoms with Crippen LogP contribution in [0, 0.1) is 5.92 Å². The number of nitrogens with two attached hydrogens (primary N) is 1. The first-order valence-electron chi connectivity index (χ1n) is 8.88. The number of nitrogens with zero attached hydrogens (tertiary/aromatic N) is 1. The van der Waals surface area contributed by atoms with Crippen LogP contribution in [0.3, 0.4) is 0 Å². The maximum absolute atomic E-state index is 13.9. The lowest BCUT2D eigenvalue weighted by atomic mass is 9.97. The molecule has 7 nitrogen and oxygen atoms in total. The number of alkyl halides is 1. The van der Waals surface area contributed by atoms with Gasteiger partial charge in [0.25, 0.3) is 11.8 Å². The number of rotatable bonds is 7. The molecule has 27 heavy (non-hydrogen) atoms. The third-order valence-corrected chi connectivity index (χ3v) is 4.74. The number of hydrogen-bond donors (Lipinski definition) is 2. The number of carbonyl (C=O) groups is 2. The molecule has 1 aliphatic heterocycles. The molecule has 1 aromatic carbocycles. The number of halogens is 1. The van der Waals surface area contributed by atoms with E-state index in [1.807, 2.05) is 6.92 Å². The highest BCUT2D eigenvalue weighted by molar-refractivity contribution is 6.01. The van der Waals surface area contributed by atoms with Gasteiger partial charge in [-0.2, -0.15) is 0 Å². The fourth-order valence-electron chi connectivity index (χ4n) is 3.35. The van der Waals surface area contributed by atoms with Gasteiger partial charge >= 0.3 is 0 Å². The number of carbonyl (C=O) groups excluding carboxylic acids is 2. The van der Waals surface area contributed by atoms with Crippen molar-refractivity contribution in [3.63, 3.8) is 0 Å². The number of amides is 2. The minimum Gasteiger partial charge on any atom is -0.493 e. The number of nitrogens with one attached hydrogen (secondary N) is 1. The number of pyridine rings is 1. The smallest absolute Gasteiger partial charge is 0.255 e.